The van der Waals surface area contributed by atoms with E-state index >= 15 is 0 Å². The fourth-order valence-corrected chi connectivity index (χ4v) is 2.87. The fraction of sp³-hybridized carbons (Fsp3) is 0.273. The van der Waals surface area contributed by atoms with Crippen LogP contribution in [0, 0.1) is 0 Å². The maximum Gasteiger partial charge on any atom is 0.335 e. The Morgan fingerprint density at radius 1 is 0.900 bits per heavy atom. The predicted molar refractivity (Wildman–Crippen MR) is 110 cm³/mol. The quantitative estimate of drug-likeness (QED) is 0.470. The molecule has 3 amide bonds. The molecule has 0 fully saturated rings. The summed E-state index contributed by atoms with van der Waals surface area (Å²) >= 11 is 0. The summed E-state index contributed by atoms with van der Waals surface area (Å²) in [6.45, 7) is 1.85. The summed E-state index contributed by atoms with van der Waals surface area (Å²) in [5.41, 5.74) is 7.10. The lowest BCUT2D eigenvalue weighted by molar-refractivity contribution is -0.129. The average molecular weight is 411 g/mol. The van der Waals surface area contributed by atoms with Crippen molar-refractivity contribution in [2.45, 2.75) is 38.3 Å². The third-order valence-electron chi connectivity index (χ3n) is 4.58. The van der Waals surface area contributed by atoms with Gasteiger partial charge in [0.05, 0.1) is 11.6 Å². The van der Waals surface area contributed by atoms with Gasteiger partial charge in [0, 0.05) is 19.3 Å². The van der Waals surface area contributed by atoms with E-state index in [0.717, 1.165) is 5.56 Å². The second-order valence-corrected chi connectivity index (χ2v) is 6.93. The van der Waals surface area contributed by atoms with Crippen molar-refractivity contribution < 1.29 is 24.3 Å². The van der Waals surface area contributed by atoms with E-state index in [1.54, 1.807) is 12.1 Å². The Labute approximate surface area is 174 Å². The van der Waals surface area contributed by atoms with Gasteiger partial charge in [-0.2, -0.15) is 0 Å². The standard InChI is InChI=1S/C22H25N3O5/c1-14(16-5-3-2-4-6-16)24-19(26)11-12-20(27)25-18(21(23)28)13-15-7-9-17(10-8-15)22(29)30/h2-10,14,18H,11-13H2,1H3,(H2,23,28)(H,24,26)(H,25,27)(H,29,30)/t14-,18+/m1/s1. The molecule has 0 saturated heterocycles. The smallest absolute Gasteiger partial charge is 0.335 e. The van der Waals surface area contributed by atoms with Crippen LogP contribution < -0.4 is 16.4 Å². The van der Waals surface area contributed by atoms with Crippen LogP contribution in [0.4, 0.5) is 0 Å². The number of carboxylic acid groups (broad SMARTS) is 1. The highest BCUT2D eigenvalue weighted by Gasteiger charge is 2.20. The molecule has 0 bridgehead atoms. The van der Waals surface area contributed by atoms with E-state index in [-0.39, 0.29) is 36.8 Å². The Bertz CT molecular complexity index is 897. The SMILES string of the molecule is C[C@@H](NC(=O)CCC(=O)N[C@@H](Cc1ccc(C(=O)O)cc1)C(N)=O)c1ccccc1. The summed E-state index contributed by atoms with van der Waals surface area (Å²) in [6.07, 6.45) is 0.00901. The van der Waals surface area contributed by atoms with Gasteiger partial charge in [-0.15, -0.1) is 0 Å². The molecule has 2 aromatic carbocycles. The van der Waals surface area contributed by atoms with Gasteiger partial charge < -0.3 is 21.5 Å². The topological polar surface area (TPSA) is 139 Å². The Kier molecular flexibility index (Phi) is 8.10. The summed E-state index contributed by atoms with van der Waals surface area (Å²) in [5.74, 6) is -2.51. The molecule has 5 N–H and O–H groups in total. The minimum atomic E-state index is -1.05. The van der Waals surface area contributed by atoms with Crippen molar-refractivity contribution in [2.24, 2.45) is 5.73 Å². The third-order valence-corrected chi connectivity index (χ3v) is 4.58. The van der Waals surface area contributed by atoms with Crippen molar-refractivity contribution in [3.63, 3.8) is 0 Å². The summed E-state index contributed by atoms with van der Waals surface area (Å²) in [5, 5.41) is 14.3. The molecule has 8 heteroatoms. The van der Waals surface area contributed by atoms with Crippen LogP contribution in [0.1, 0.15) is 47.3 Å². The van der Waals surface area contributed by atoms with Gasteiger partial charge in [0.15, 0.2) is 0 Å². The van der Waals surface area contributed by atoms with E-state index in [1.807, 2.05) is 37.3 Å². The second kappa shape index (κ2) is 10.8. The van der Waals surface area contributed by atoms with Crippen molar-refractivity contribution in [3.8, 4) is 0 Å². The number of nitrogens with two attached hydrogens (primary N) is 1. The molecular weight excluding hydrogens is 386 g/mol. The zero-order valence-electron chi connectivity index (χ0n) is 16.6. The maximum atomic E-state index is 12.2. The number of hydrogen-bond acceptors (Lipinski definition) is 4. The number of benzene rings is 2. The molecule has 2 aromatic rings. The normalized spacial score (nSPS) is 12.4. The number of amides is 3. The highest BCUT2D eigenvalue weighted by molar-refractivity contribution is 5.89. The number of hydrogen-bond donors (Lipinski definition) is 4. The average Bonchev–Trinajstić information content (AvgIpc) is 2.72. The predicted octanol–water partition coefficient (Wildman–Crippen LogP) is 1.56. The molecular formula is C22H25N3O5. The lowest BCUT2D eigenvalue weighted by atomic mass is 10.0. The molecule has 30 heavy (non-hydrogen) atoms. The lowest BCUT2D eigenvalue weighted by Crippen LogP contribution is -2.46. The molecule has 0 aliphatic carbocycles. The number of primary amides is 1. The summed E-state index contributed by atoms with van der Waals surface area (Å²) in [7, 11) is 0. The first-order chi connectivity index (χ1) is 14.3. The van der Waals surface area contributed by atoms with Gasteiger partial charge in [-0.25, -0.2) is 4.79 Å². The highest BCUT2D eigenvalue weighted by Crippen LogP contribution is 2.11. The van der Waals surface area contributed by atoms with Crippen molar-refractivity contribution >= 4 is 23.7 Å². The van der Waals surface area contributed by atoms with Crippen molar-refractivity contribution in [3.05, 3.63) is 71.3 Å². The van der Waals surface area contributed by atoms with Crippen LogP contribution in [0.2, 0.25) is 0 Å². The molecule has 158 valence electrons. The molecule has 0 aromatic heterocycles. The van der Waals surface area contributed by atoms with Crippen LogP contribution >= 0.6 is 0 Å². The highest BCUT2D eigenvalue weighted by atomic mass is 16.4. The zero-order chi connectivity index (χ0) is 22.1. The van der Waals surface area contributed by atoms with E-state index in [4.69, 9.17) is 10.8 Å². The molecule has 0 aliphatic rings. The van der Waals surface area contributed by atoms with Crippen LogP contribution in [0.25, 0.3) is 0 Å². The number of carbonyl (C=O) groups is 4. The van der Waals surface area contributed by atoms with Crippen LogP contribution in [-0.4, -0.2) is 34.8 Å². The van der Waals surface area contributed by atoms with Gasteiger partial charge in [0.1, 0.15) is 6.04 Å². The molecule has 0 unspecified atom stereocenters. The second-order valence-electron chi connectivity index (χ2n) is 6.93. The minimum absolute atomic E-state index is 0.0260. The minimum Gasteiger partial charge on any atom is -0.478 e. The van der Waals surface area contributed by atoms with Gasteiger partial charge in [-0.3, -0.25) is 14.4 Å². The first-order valence-electron chi connectivity index (χ1n) is 9.51. The fourth-order valence-electron chi connectivity index (χ4n) is 2.87. The third kappa shape index (κ3) is 7.05. The number of nitrogens with one attached hydrogen (secondary N) is 2. The van der Waals surface area contributed by atoms with E-state index in [2.05, 4.69) is 10.6 Å². The van der Waals surface area contributed by atoms with E-state index in [1.165, 1.54) is 12.1 Å². The van der Waals surface area contributed by atoms with Crippen LogP contribution in [0.15, 0.2) is 54.6 Å². The summed E-state index contributed by atoms with van der Waals surface area (Å²) in [4.78, 5) is 46.9. The van der Waals surface area contributed by atoms with E-state index < -0.39 is 23.8 Å². The number of rotatable bonds is 10. The van der Waals surface area contributed by atoms with E-state index in [0.29, 0.717) is 5.56 Å². The summed E-state index contributed by atoms with van der Waals surface area (Å²) < 4.78 is 0. The summed E-state index contributed by atoms with van der Waals surface area (Å²) in [6, 6.07) is 14.2. The molecule has 0 spiro atoms. The number of carboxylic acids is 1. The van der Waals surface area contributed by atoms with Crippen LogP contribution in [0.5, 0.6) is 0 Å². The Balaban J connectivity index is 1.83. The molecule has 8 nitrogen and oxygen atoms in total. The van der Waals surface area contributed by atoms with Crippen molar-refractivity contribution in [1.29, 1.82) is 0 Å². The Morgan fingerprint density at radius 3 is 2.00 bits per heavy atom. The zero-order valence-corrected chi connectivity index (χ0v) is 16.6. The monoisotopic (exact) mass is 411 g/mol. The lowest BCUT2D eigenvalue weighted by Gasteiger charge is -2.17. The van der Waals surface area contributed by atoms with Gasteiger partial charge in [0.25, 0.3) is 0 Å². The molecule has 0 radical (unpaired) electrons. The molecule has 0 aliphatic heterocycles. The molecule has 0 heterocycles. The van der Waals surface area contributed by atoms with Crippen LogP contribution in [0.3, 0.4) is 0 Å². The Morgan fingerprint density at radius 2 is 1.47 bits per heavy atom. The largest absolute Gasteiger partial charge is 0.478 e. The maximum absolute atomic E-state index is 12.2. The van der Waals surface area contributed by atoms with Gasteiger partial charge in [-0.05, 0) is 30.2 Å². The van der Waals surface area contributed by atoms with Crippen molar-refractivity contribution in [2.75, 3.05) is 0 Å². The first-order valence-corrected chi connectivity index (χ1v) is 9.51. The molecule has 2 atom stereocenters. The van der Waals surface area contributed by atoms with Gasteiger partial charge in [0.2, 0.25) is 17.7 Å². The van der Waals surface area contributed by atoms with Crippen molar-refractivity contribution in [1.82, 2.24) is 10.6 Å². The Hall–Kier alpha value is -3.68. The molecule has 2 rings (SSSR count). The van der Waals surface area contributed by atoms with Gasteiger partial charge in [-0.1, -0.05) is 42.5 Å². The molecule has 0 saturated carbocycles. The number of carbonyl (C=O) groups excluding carboxylic acids is 3. The first kappa shape index (κ1) is 22.6. The van der Waals surface area contributed by atoms with Crippen LogP contribution in [-0.2, 0) is 20.8 Å². The number of aromatic carboxylic acids is 1. The van der Waals surface area contributed by atoms with E-state index in [9.17, 15) is 19.2 Å². The van der Waals surface area contributed by atoms with Gasteiger partial charge >= 0.3 is 5.97 Å².